The summed E-state index contributed by atoms with van der Waals surface area (Å²) < 4.78 is 21.9. The Morgan fingerprint density at radius 2 is 1.96 bits per heavy atom. The number of rotatable bonds is 4. The van der Waals surface area contributed by atoms with Crippen LogP contribution in [0.2, 0.25) is 0 Å². The highest BCUT2D eigenvalue weighted by atomic mass is 127. The van der Waals surface area contributed by atoms with Crippen LogP contribution in [0.4, 0.5) is 4.39 Å². The van der Waals surface area contributed by atoms with Crippen LogP contribution in [0.25, 0.3) is 11.0 Å². The molecule has 1 saturated heterocycles. The van der Waals surface area contributed by atoms with Crippen LogP contribution in [0.15, 0.2) is 42.5 Å². The Balaban J connectivity index is 1.72. The summed E-state index contributed by atoms with van der Waals surface area (Å²) in [6.45, 7) is 1.98. The molecule has 0 saturated carbocycles. The van der Waals surface area contributed by atoms with E-state index >= 15 is 0 Å². The van der Waals surface area contributed by atoms with Crippen LogP contribution < -0.4 is 0 Å². The Bertz CT molecular complexity index is 872. The molecule has 3 aromatic rings. The summed E-state index contributed by atoms with van der Waals surface area (Å²) in [7, 11) is 2.12. The zero-order valence-electron chi connectivity index (χ0n) is 14.6. The van der Waals surface area contributed by atoms with Gasteiger partial charge in [0, 0.05) is 22.2 Å². The Hall–Kier alpha value is -1.51. The van der Waals surface area contributed by atoms with Gasteiger partial charge >= 0.3 is 0 Å². The molecule has 1 aliphatic rings. The number of H-pyrrole nitrogens is 1. The number of aromatic amines is 1. The number of nitrogens with zero attached hydrogens (tertiary/aromatic N) is 2. The number of benzene rings is 2. The van der Waals surface area contributed by atoms with Crippen molar-refractivity contribution in [1.82, 2.24) is 14.9 Å². The number of halogens is 2. The van der Waals surface area contributed by atoms with E-state index in [0.29, 0.717) is 15.0 Å². The lowest BCUT2D eigenvalue weighted by Gasteiger charge is -2.31. The molecule has 1 N–H and O–H groups in total. The summed E-state index contributed by atoms with van der Waals surface area (Å²) in [6, 6.07) is 13.3. The minimum absolute atomic E-state index is 0.0988. The SMILES string of the molecule is CN1CCC(OC(c2nc3ccccc3[nH]2)c2cccc(I)c2F)CC1. The molecule has 2 heterocycles. The molecule has 4 nitrogen and oxygen atoms in total. The van der Waals surface area contributed by atoms with Crippen molar-refractivity contribution < 1.29 is 9.13 Å². The fraction of sp³-hybridized carbons (Fsp3) is 0.350. The average Bonchev–Trinajstić information content (AvgIpc) is 3.08. The quantitative estimate of drug-likeness (QED) is 0.577. The minimum Gasteiger partial charge on any atom is -0.362 e. The summed E-state index contributed by atoms with van der Waals surface area (Å²) in [5, 5.41) is 0. The fourth-order valence-electron chi connectivity index (χ4n) is 3.42. The molecule has 136 valence electrons. The largest absolute Gasteiger partial charge is 0.362 e. The molecule has 1 aromatic heterocycles. The molecule has 4 rings (SSSR count). The number of ether oxygens (including phenoxy) is 1. The molecule has 1 fully saturated rings. The fourth-order valence-corrected chi connectivity index (χ4v) is 3.94. The Kier molecular flexibility index (Phi) is 5.24. The van der Waals surface area contributed by atoms with E-state index < -0.39 is 6.10 Å². The van der Waals surface area contributed by atoms with Gasteiger partial charge in [-0.3, -0.25) is 0 Å². The number of hydrogen-bond donors (Lipinski definition) is 1. The zero-order chi connectivity index (χ0) is 18.1. The first-order valence-corrected chi connectivity index (χ1v) is 9.92. The molecule has 1 atom stereocenters. The summed E-state index contributed by atoms with van der Waals surface area (Å²) in [5.41, 5.74) is 2.34. The second kappa shape index (κ2) is 7.62. The number of aromatic nitrogens is 2. The second-order valence-electron chi connectivity index (χ2n) is 6.80. The standard InChI is InChI=1S/C20H21FIN3O/c1-25-11-9-13(10-12-25)26-19(14-5-4-6-15(22)18(14)21)20-23-16-7-2-3-8-17(16)24-20/h2-8,13,19H,9-12H2,1H3,(H,23,24). The first kappa shape index (κ1) is 17.9. The second-order valence-corrected chi connectivity index (χ2v) is 7.96. The molecule has 0 bridgehead atoms. The van der Waals surface area contributed by atoms with Crippen LogP contribution in [-0.2, 0) is 4.74 Å². The normalized spacial score (nSPS) is 17.7. The first-order valence-electron chi connectivity index (χ1n) is 8.84. The molecule has 0 radical (unpaired) electrons. The molecular formula is C20H21FIN3O. The van der Waals surface area contributed by atoms with Gasteiger partial charge in [-0.1, -0.05) is 24.3 Å². The topological polar surface area (TPSA) is 41.1 Å². The highest BCUT2D eigenvalue weighted by molar-refractivity contribution is 14.1. The third kappa shape index (κ3) is 3.63. The van der Waals surface area contributed by atoms with Crippen molar-refractivity contribution >= 4 is 33.6 Å². The van der Waals surface area contributed by atoms with Crippen LogP contribution >= 0.6 is 22.6 Å². The predicted octanol–water partition coefficient (Wildman–Crippen LogP) is 4.51. The molecule has 0 amide bonds. The van der Waals surface area contributed by atoms with Gasteiger partial charge in [0.2, 0.25) is 0 Å². The van der Waals surface area contributed by atoms with Gasteiger partial charge in [-0.2, -0.15) is 0 Å². The van der Waals surface area contributed by atoms with E-state index in [1.165, 1.54) is 0 Å². The van der Waals surface area contributed by atoms with Crippen LogP contribution in [0.1, 0.15) is 30.3 Å². The highest BCUT2D eigenvalue weighted by Gasteiger charge is 2.28. The van der Waals surface area contributed by atoms with Crippen molar-refractivity contribution in [3.63, 3.8) is 0 Å². The van der Waals surface area contributed by atoms with Gasteiger partial charge in [-0.25, -0.2) is 9.37 Å². The minimum atomic E-state index is -0.537. The molecule has 6 heteroatoms. The average molecular weight is 465 g/mol. The molecule has 0 spiro atoms. The number of piperidine rings is 1. The Labute approximate surface area is 165 Å². The number of fused-ring (bicyclic) bond motifs is 1. The maximum absolute atomic E-state index is 14.9. The van der Waals surface area contributed by atoms with Gasteiger partial charge in [-0.15, -0.1) is 0 Å². The summed E-state index contributed by atoms with van der Waals surface area (Å²) in [6.07, 6.45) is 1.45. The number of imidazole rings is 1. The Morgan fingerprint density at radius 3 is 2.73 bits per heavy atom. The van der Waals surface area contributed by atoms with Crippen molar-refractivity contribution in [1.29, 1.82) is 0 Å². The monoisotopic (exact) mass is 465 g/mol. The summed E-state index contributed by atoms with van der Waals surface area (Å²) in [4.78, 5) is 10.3. The van der Waals surface area contributed by atoms with Gasteiger partial charge < -0.3 is 14.6 Å². The van der Waals surface area contributed by atoms with Gasteiger partial charge in [0.1, 0.15) is 17.7 Å². The Morgan fingerprint density at radius 1 is 1.19 bits per heavy atom. The predicted molar refractivity (Wildman–Crippen MR) is 109 cm³/mol. The lowest BCUT2D eigenvalue weighted by Crippen LogP contribution is -2.35. The van der Waals surface area contributed by atoms with Crippen LogP contribution in [0, 0.1) is 9.39 Å². The van der Waals surface area contributed by atoms with E-state index in [1.807, 2.05) is 52.9 Å². The van der Waals surface area contributed by atoms with Gasteiger partial charge in [0.05, 0.1) is 17.1 Å². The number of nitrogens with one attached hydrogen (secondary N) is 1. The molecule has 2 aromatic carbocycles. The third-order valence-electron chi connectivity index (χ3n) is 4.91. The molecule has 0 aliphatic carbocycles. The third-order valence-corrected chi connectivity index (χ3v) is 5.75. The summed E-state index contributed by atoms with van der Waals surface area (Å²) in [5.74, 6) is 0.428. The van der Waals surface area contributed by atoms with Crippen molar-refractivity contribution in [3.8, 4) is 0 Å². The molecule has 1 aliphatic heterocycles. The van der Waals surface area contributed by atoms with Gasteiger partial charge in [0.15, 0.2) is 0 Å². The molecular weight excluding hydrogens is 444 g/mol. The van der Waals surface area contributed by atoms with Crippen LogP contribution in [0.3, 0.4) is 0 Å². The van der Waals surface area contributed by atoms with Crippen molar-refractivity contribution in [2.45, 2.75) is 25.0 Å². The number of para-hydroxylation sites is 2. The lowest BCUT2D eigenvalue weighted by atomic mass is 10.1. The van der Waals surface area contributed by atoms with Gasteiger partial charge in [0.25, 0.3) is 0 Å². The van der Waals surface area contributed by atoms with E-state index in [-0.39, 0.29) is 11.9 Å². The van der Waals surface area contributed by atoms with E-state index in [2.05, 4.69) is 21.9 Å². The van der Waals surface area contributed by atoms with Crippen molar-refractivity contribution in [2.75, 3.05) is 20.1 Å². The molecule has 26 heavy (non-hydrogen) atoms. The van der Waals surface area contributed by atoms with Gasteiger partial charge in [-0.05, 0) is 60.7 Å². The number of likely N-dealkylation sites (tertiary alicyclic amines) is 1. The first-order chi connectivity index (χ1) is 12.6. The maximum atomic E-state index is 14.9. The van der Waals surface area contributed by atoms with E-state index in [1.54, 1.807) is 12.1 Å². The highest BCUT2D eigenvalue weighted by Crippen LogP contribution is 2.32. The van der Waals surface area contributed by atoms with Crippen LogP contribution in [0.5, 0.6) is 0 Å². The van der Waals surface area contributed by atoms with Crippen molar-refractivity contribution in [2.24, 2.45) is 0 Å². The van der Waals surface area contributed by atoms with Crippen molar-refractivity contribution in [3.05, 3.63) is 63.2 Å². The van der Waals surface area contributed by atoms with Crippen LogP contribution in [-0.4, -0.2) is 41.1 Å². The lowest BCUT2D eigenvalue weighted by molar-refractivity contribution is -0.0277. The molecule has 1 unspecified atom stereocenters. The van der Waals surface area contributed by atoms with E-state index in [0.717, 1.165) is 37.0 Å². The maximum Gasteiger partial charge on any atom is 0.143 e. The smallest absolute Gasteiger partial charge is 0.143 e. The van der Waals surface area contributed by atoms with E-state index in [4.69, 9.17) is 4.74 Å². The summed E-state index contributed by atoms with van der Waals surface area (Å²) >= 11 is 2.02. The number of hydrogen-bond acceptors (Lipinski definition) is 3. The van der Waals surface area contributed by atoms with E-state index in [9.17, 15) is 4.39 Å². The zero-order valence-corrected chi connectivity index (χ0v) is 16.7.